The summed E-state index contributed by atoms with van der Waals surface area (Å²) in [6.45, 7) is 2.88. The first-order chi connectivity index (χ1) is 21.7. The Balaban J connectivity index is 1.04. The topological polar surface area (TPSA) is 117 Å². The van der Waals surface area contributed by atoms with Crippen LogP contribution in [-0.2, 0) is 11.3 Å². The summed E-state index contributed by atoms with van der Waals surface area (Å²) in [6, 6.07) is 4.25. The van der Waals surface area contributed by atoms with Crippen LogP contribution in [0.3, 0.4) is 0 Å². The van der Waals surface area contributed by atoms with Crippen LogP contribution in [0.15, 0.2) is 35.1 Å². The largest absolute Gasteiger partial charge is 0.493 e. The van der Waals surface area contributed by atoms with E-state index in [9.17, 15) is 9.90 Å². The number of rotatable bonds is 11. The van der Waals surface area contributed by atoms with Gasteiger partial charge in [0, 0.05) is 52.4 Å². The van der Waals surface area contributed by atoms with Gasteiger partial charge in [0.05, 0.1) is 35.5 Å². The van der Waals surface area contributed by atoms with Crippen LogP contribution in [0.4, 0.5) is 4.39 Å². The fourth-order valence-corrected chi connectivity index (χ4v) is 7.33. The molecule has 0 saturated heterocycles. The summed E-state index contributed by atoms with van der Waals surface area (Å²) in [6.07, 6.45) is 10.6. The summed E-state index contributed by atoms with van der Waals surface area (Å²) in [4.78, 5) is 19.6. The van der Waals surface area contributed by atoms with Gasteiger partial charge in [-0.1, -0.05) is 28.4 Å². The third-order valence-electron chi connectivity index (χ3n) is 9.58. The van der Waals surface area contributed by atoms with Crippen molar-refractivity contribution in [3.05, 3.63) is 63.5 Å². The molecule has 3 heterocycles. The first-order valence-electron chi connectivity index (χ1n) is 15.2. The van der Waals surface area contributed by atoms with Gasteiger partial charge in [0.15, 0.2) is 11.5 Å². The standard InChI is InChI=1S/C33H32Cl2FN3O6/c1-2-42-26-13-25(31(40)41)38-28-20(26)11-19(12-24(28)36)43-17-32-5-8-33(9-6-32,10-7-32)44-16-21-29(39-45-30(21)18-3-4-18)27-22(34)14-37-15-23(27)35/h11-15,18H,2-10,16-17H2,1H3,(H,40,41). The van der Waals surface area contributed by atoms with E-state index in [0.29, 0.717) is 58.2 Å². The minimum absolute atomic E-state index is 0.0374. The smallest absolute Gasteiger partial charge is 0.354 e. The van der Waals surface area contributed by atoms with Crippen molar-refractivity contribution in [2.24, 2.45) is 5.41 Å². The Kier molecular flexibility index (Phi) is 7.86. The number of hydrogen-bond donors (Lipinski definition) is 1. The summed E-state index contributed by atoms with van der Waals surface area (Å²) in [5.41, 5.74) is 1.51. The van der Waals surface area contributed by atoms with Gasteiger partial charge in [0.2, 0.25) is 0 Å². The Morgan fingerprint density at radius 3 is 2.42 bits per heavy atom. The number of nitrogens with zero attached hydrogens (tertiary/aromatic N) is 3. The number of aromatic carboxylic acids is 1. The van der Waals surface area contributed by atoms with Crippen LogP contribution < -0.4 is 9.47 Å². The Bertz CT molecular complexity index is 1750. The van der Waals surface area contributed by atoms with Gasteiger partial charge >= 0.3 is 5.97 Å². The van der Waals surface area contributed by atoms with Gasteiger partial charge in [-0.3, -0.25) is 4.98 Å². The van der Waals surface area contributed by atoms with Crippen molar-refractivity contribution in [2.45, 2.75) is 76.4 Å². The van der Waals surface area contributed by atoms with E-state index >= 15 is 4.39 Å². The van der Waals surface area contributed by atoms with E-state index in [2.05, 4.69) is 15.1 Å². The summed E-state index contributed by atoms with van der Waals surface area (Å²) < 4.78 is 39.5. The number of hydrogen-bond acceptors (Lipinski definition) is 8. The fraction of sp³-hybridized carbons (Fsp3) is 0.455. The molecular weight excluding hydrogens is 624 g/mol. The summed E-state index contributed by atoms with van der Waals surface area (Å²) >= 11 is 13.0. The summed E-state index contributed by atoms with van der Waals surface area (Å²) in [5.74, 6) is -0.0993. The number of carboxylic acids is 1. The highest BCUT2D eigenvalue weighted by Crippen LogP contribution is 2.55. The molecule has 1 aromatic carbocycles. The second-order valence-corrected chi connectivity index (χ2v) is 13.2. The van der Waals surface area contributed by atoms with Gasteiger partial charge in [0.25, 0.3) is 0 Å². The number of carbonyl (C=O) groups is 1. The van der Waals surface area contributed by atoms with E-state index in [4.69, 9.17) is 41.9 Å². The van der Waals surface area contributed by atoms with Crippen LogP contribution >= 0.6 is 23.2 Å². The number of pyridine rings is 2. The van der Waals surface area contributed by atoms with Crippen LogP contribution in [0.5, 0.6) is 11.5 Å². The number of ether oxygens (including phenoxy) is 3. The fourth-order valence-electron chi connectivity index (χ4n) is 6.78. The Labute approximate surface area is 269 Å². The highest BCUT2D eigenvalue weighted by molar-refractivity contribution is 6.38. The van der Waals surface area contributed by atoms with Crippen molar-refractivity contribution in [1.29, 1.82) is 0 Å². The zero-order valence-electron chi connectivity index (χ0n) is 24.7. The molecule has 0 radical (unpaired) electrons. The summed E-state index contributed by atoms with van der Waals surface area (Å²) in [7, 11) is 0. The van der Waals surface area contributed by atoms with Gasteiger partial charge < -0.3 is 23.8 Å². The van der Waals surface area contributed by atoms with E-state index in [0.717, 1.165) is 62.7 Å². The molecule has 236 valence electrons. The average molecular weight is 657 g/mol. The van der Waals surface area contributed by atoms with Gasteiger partial charge in [-0.25, -0.2) is 14.2 Å². The third kappa shape index (κ3) is 5.72. The zero-order chi connectivity index (χ0) is 31.3. The lowest BCUT2D eigenvalue weighted by Gasteiger charge is -2.52. The molecule has 45 heavy (non-hydrogen) atoms. The molecule has 4 aromatic rings. The van der Waals surface area contributed by atoms with Gasteiger partial charge in [0.1, 0.15) is 28.5 Å². The van der Waals surface area contributed by atoms with Crippen LogP contribution in [-0.4, -0.2) is 45.0 Å². The van der Waals surface area contributed by atoms with Crippen molar-refractivity contribution in [3.8, 4) is 22.8 Å². The minimum atomic E-state index is -1.25. The normalized spacial score (nSPS) is 22.6. The molecule has 0 amide bonds. The Morgan fingerprint density at radius 1 is 1.07 bits per heavy atom. The maximum absolute atomic E-state index is 15.1. The zero-order valence-corrected chi connectivity index (χ0v) is 26.2. The number of benzene rings is 1. The molecule has 12 heteroatoms. The molecule has 8 rings (SSSR count). The average Bonchev–Trinajstić information content (AvgIpc) is 3.80. The Hall–Kier alpha value is -3.47. The predicted molar refractivity (Wildman–Crippen MR) is 165 cm³/mol. The first kappa shape index (κ1) is 30.2. The number of halogens is 3. The van der Waals surface area contributed by atoms with Crippen molar-refractivity contribution < 1.29 is 33.0 Å². The van der Waals surface area contributed by atoms with Crippen LogP contribution in [0, 0.1) is 11.2 Å². The lowest BCUT2D eigenvalue weighted by atomic mass is 9.59. The highest BCUT2D eigenvalue weighted by atomic mass is 35.5. The molecule has 2 bridgehead atoms. The van der Waals surface area contributed by atoms with Crippen molar-refractivity contribution in [3.63, 3.8) is 0 Å². The van der Waals surface area contributed by atoms with Crippen molar-refractivity contribution in [2.75, 3.05) is 13.2 Å². The second kappa shape index (κ2) is 11.7. The molecule has 4 saturated carbocycles. The van der Waals surface area contributed by atoms with E-state index in [1.54, 1.807) is 25.4 Å². The molecule has 0 atom stereocenters. The number of fused-ring (bicyclic) bond motifs is 4. The maximum Gasteiger partial charge on any atom is 0.354 e. The van der Waals surface area contributed by atoms with Crippen LogP contribution in [0.25, 0.3) is 22.2 Å². The molecular formula is C33H32Cl2FN3O6. The van der Waals surface area contributed by atoms with E-state index in [1.807, 2.05) is 0 Å². The number of aromatic nitrogens is 3. The number of carboxylic acid groups (broad SMARTS) is 1. The van der Waals surface area contributed by atoms with Crippen molar-refractivity contribution in [1.82, 2.24) is 15.1 Å². The molecule has 0 spiro atoms. The quantitative estimate of drug-likeness (QED) is 0.170. The van der Waals surface area contributed by atoms with Gasteiger partial charge in [-0.2, -0.15) is 0 Å². The molecule has 4 aliphatic rings. The van der Waals surface area contributed by atoms with Crippen LogP contribution in [0.2, 0.25) is 10.0 Å². The predicted octanol–water partition coefficient (Wildman–Crippen LogP) is 8.39. The van der Waals surface area contributed by atoms with Crippen molar-refractivity contribution >= 4 is 40.1 Å². The molecule has 0 unspecified atom stereocenters. The van der Waals surface area contributed by atoms with Gasteiger partial charge in [-0.15, -0.1) is 0 Å². The van der Waals surface area contributed by atoms with Crippen LogP contribution in [0.1, 0.15) is 86.0 Å². The maximum atomic E-state index is 15.1. The van der Waals surface area contributed by atoms with E-state index < -0.39 is 11.8 Å². The minimum Gasteiger partial charge on any atom is -0.493 e. The lowest BCUT2D eigenvalue weighted by molar-refractivity contribution is -0.150. The third-order valence-corrected chi connectivity index (χ3v) is 10.2. The molecule has 4 fully saturated rings. The first-order valence-corrected chi connectivity index (χ1v) is 16.0. The highest BCUT2D eigenvalue weighted by Gasteiger charge is 2.50. The SMILES string of the molecule is CCOc1cc(C(=O)O)nc2c(F)cc(OCC34CCC(OCc5c(-c6c(Cl)cncc6Cl)noc5C5CC5)(CC3)CC4)cc12. The molecule has 1 N–H and O–H groups in total. The van der Waals surface area contributed by atoms with E-state index in [1.165, 1.54) is 12.1 Å². The molecule has 9 nitrogen and oxygen atoms in total. The molecule has 4 aliphatic carbocycles. The molecule has 0 aliphatic heterocycles. The Morgan fingerprint density at radius 2 is 1.78 bits per heavy atom. The molecule has 3 aromatic heterocycles. The van der Waals surface area contributed by atoms with Gasteiger partial charge in [-0.05, 0) is 64.4 Å². The summed E-state index contributed by atoms with van der Waals surface area (Å²) in [5, 5.41) is 15.0. The second-order valence-electron chi connectivity index (χ2n) is 12.4. The monoisotopic (exact) mass is 655 g/mol. The van der Waals surface area contributed by atoms with E-state index in [-0.39, 0.29) is 28.0 Å². The lowest BCUT2D eigenvalue weighted by Crippen LogP contribution is -2.49.